The normalized spacial score (nSPS) is 16.2. The van der Waals surface area contributed by atoms with Crippen LogP contribution in [0.15, 0.2) is 42.5 Å². The molecule has 1 saturated heterocycles. The molecule has 8 heteroatoms. The van der Waals surface area contributed by atoms with E-state index in [0.717, 1.165) is 15.0 Å². The van der Waals surface area contributed by atoms with Crippen LogP contribution in [0.4, 0.5) is 4.39 Å². The Morgan fingerprint density at radius 2 is 2.13 bits per heavy atom. The number of benzene rings is 2. The van der Waals surface area contributed by atoms with Crippen molar-refractivity contribution < 1.29 is 23.8 Å². The molecule has 2 amide bonds. The van der Waals surface area contributed by atoms with Crippen LogP contribution < -0.4 is 10.1 Å². The van der Waals surface area contributed by atoms with Gasteiger partial charge in [-0.2, -0.15) is 0 Å². The lowest BCUT2D eigenvalue weighted by atomic mass is 10.1. The molecule has 2 aromatic carbocycles. The highest BCUT2D eigenvalue weighted by Gasteiger charge is 2.33. The first kappa shape index (κ1) is 21.3. The van der Waals surface area contributed by atoms with E-state index < -0.39 is 6.04 Å². The number of aliphatic hydroxyl groups excluding tert-OH is 1. The second-order valence-electron chi connectivity index (χ2n) is 7.43. The highest BCUT2D eigenvalue weighted by molar-refractivity contribution is 7.19. The van der Waals surface area contributed by atoms with Crippen LogP contribution >= 0.6 is 11.3 Å². The van der Waals surface area contributed by atoms with Gasteiger partial charge in [-0.05, 0) is 37.6 Å². The van der Waals surface area contributed by atoms with Gasteiger partial charge in [0.2, 0.25) is 5.91 Å². The van der Waals surface area contributed by atoms with Crippen LogP contribution in [0.5, 0.6) is 5.75 Å². The van der Waals surface area contributed by atoms with Gasteiger partial charge in [-0.25, -0.2) is 4.39 Å². The van der Waals surface area contributed by atoms with E-state index in [1.54, 1.807) is 35.2 Å². The monoisotopic (exact) mass is 442 g/mol. The number of nitrogens with zero attached hydrogens (tertiary/aromatic N) is 1. The third kappa shape index (κ3) is 4.40. The molecule has 2 heterocycles. The number of fused-ring (bicyclic) bond motifs is 1. The summed E-state index contributed by atoms with van der Waals surface area (Å²) < 4.78 is 20.5. The Hall–Kier alpha value is -2.97. The first-order valence-electron chi connectivity index (χ1n) is 10.1. The van der Waals surface area contributed by atoms with Crippen molar-refractivity contribution in [1.29, 1.82) is 0 Å². The van der Waals surface area contributed by atoms with Crippen molar-refractivity contribution in [3.63, 3.8) is 0 Å². The van der Waals surface area contributed by atoms with Crippen molar-refractivity contribution >= 4 is 33.2 Å². The Morgan fingerprint density at radius 3 is 2.90 bits per heavy atom. The van der Waals surface area contributed by atoms with E-state index in [1.807, 2.05) is 13.0 Å². The highest BCUT2D eigenvalue weighted by atomic mass is 32.1. The lowest BCUT2D eigenvalue weighted by molar-refractivity contribution is -0.129. The van der Waals surface area contributed by atoms with Gasteiger partial charge in [0.15, 0.2) is 0 Å². The van der Waals surface area contributed by atoms with E-state index in [-0.39, 0.29) is 37.4 Å². The van der Waals surface area contributed by atoms with Crippen LogP contribution in [0.3, 0.4) is 0 Å². The fourth-order valence-corrected chi connectivity index (χ4v) is 4.84. The van der Waals surface area contributed by atoms with E-state index in [4.69, 9.17) is 9.84 Å². The smallest absolute Gasteiger partial charge is 0.253 e. The van der Waals surface area contributed by atoms with Crippen molar-refractivity contribution in [2.75, 3.05) is 19.7 Å². The number of thiophene rings is 1. The Morgan fingerprint density at radius 1 is 1.32 bits per heavy atom. The largest absolute Gasteiger partial charge is 0.489 e. The van der Waals surface area contributed by atoms with E-state index >= 15 is 0 Å². The number of hydrogen-bond acceptors (Lipinski definition) is 5. The van der Waals surface area contributed by atoms with Crippen LogP contribution in [-0.2, 0) is 11.4 Å². The summed E-state index contributed by atoms with van der Waals surface area (Å²) in [6, 6.07) is 11.3. The molecule has 1 fully saturated rings. The van der Waals surface area contributed by atoms with Gasteiger partial charge in [0, 0.05) is 33.6 Å². The molecule has 1 aliphatic heterocycles. The fourth-order valence-electron chi connectivity index (χ4n) is 3.79. The summed E-state index contributed by atoms with van der Waals surface area (Å²) in [7, 11) is 0. The summed E-state index contributed by atoms with van der Waals surface area (Å²) in [5.41, 5.74) is 0.971. The molecule has 0 spiro atoms. The summed E-state index contributed by atoms with van der Waals surface area (Å²) >= 11 is 1.50. The zero-order chi connectivity index (χ0) is 22.0. The second kappa shape index (κ2) is 9.03. The van der Waals surface area contributed by atoms with E-state index in [1.165, 1.54) is 17.4 Å². The predicted molar refractivity (Wildman–Crippen MR) is 117 cm³/mol. The summed E-state index contributed by atoms with van der Waals surface area (Å²) in [5, 5.41) is 12.6. The highest BCUT2D eigenvalue weighted by Crippen LogP contribution is 2.34. The average molecular weight is 443 g/mol. The molecule has 4 rings (SSSR count). The zero-order valence-corrected chi connectivity index (χ0v) is 17.9. The SMILES string of the molecule is Cc1sc2ccc(OCc3ccccc3F)cc2c1C(=O)N[C@@H]1CCN(CCO)C1=O. The van der Waals surface area contributed by atoms with Crippen LogP contribution in [0.2, 0.25) is 0 Å². The number of likely N-dealkylation sites (tertiary alicyclic amines) is 1. The molecule has 162 valence electrons. The van der Waals surface area contributed by atoms with E-state index in [0.29, 0.717) is 29.8 Å². The van der Waals surface area contributed by atoms with Crippen molar-refractivity contribution in [3.8, 4) is 5.75 Å². The standard InChI is InChI=1S/C23H23FN2O4S/c1-14-21(22(28)25-19-8-9-26(10-11-27)23(19)29)17-12-16(6-7-20(17)31-14)30-13-15-4-2-3-5-18(15)24/h2-7,12,19,27H,8-11,13H2,1H3,(H,25,28)/t19-/m1/s1. The first-order valence-corrected chi connectivity index (χ1v) is 10.9. The van der Waals surface area contributed by atoms with Crippen LogP contribution in [-0.4, -0.2) is 47.6 Å². The van der Waals surface area contributed by atoms with Crippen molar-refractivity contribution in [3.05, 3.63) is 64.3 Å². The molecule has 0 aliphatic carbocycles. The minimum atomic E-state index is -0.589. The molecule has 0 unspecified atom stereocenters. The fraction of sp³-hybridized carbons (Fsp3) is 0.304. The lowest BCUT2D eigenvalue weighted by Gasteiger charge is -2.15. The second-order valence-corrected chi connectivity index (χ2v) is 8.69. The molecular formula is C23H23FN2O4S. The molecule has 1 atom stereocenters. The molecule has 31 heavy (non-hydrogen) atoms. The zero-order valence-electron chi connectivity index (χ0n) is 17.1. The van der Waals surface area contributed by atoms with Gasteiger partial charge in [0.05, 0.1) is 12.2 Å². The predicted octanol–water partition coefficient (Wildman–Crippen LogP) is 3.25. The van der Waals surface area contributed by atoms with Gasteiger partial charge in [-0.1, -0.05) is 18.2 Å². The number of aliphatic hydroxyl groups is 1. The Balaban J connectivity index is 1.53. The maximum atomic E-state index is 13.8. The van der Waals surface area contributed by atoms with E-state index in [2.05, 4.69) is 5.32 Å². The number of aryl methyl sites for hydroxylation is 1. The summed E-state index contributed by atoms with van der Waals surface area (Å²) in [5.74, 6) is -0.270. The molecule has 0 saturated carbocycles. The third-order valence-corrected chi connectivity index (χ3v) is 6.47. The molecule has 1 aromatic heterocycles. The Bertz CT molecular complexity index is 1130. The molecule has 2 N–H and O–H groups in total. The number of hydrogen-bond donors (Lipinski definition) is 2. The van der Waals surface area contributed by atoms with Crippen molar-refractivity contribution in [2.45, 2.75) is 26.0 Å². The van der Waals surface area contributed by atoms with Crippen molar-refractivity contribution in [2.24, 2.45) is 0 Å². The molecular weight excluding hydrogens is 419 g/mol. The topological polar surface area (TPSA) is 78.9 Å². The quantitative estimate of drug-likeness (QED) is 0.589. The number of amides is 2. The van der Waals surface area contributed by atoms with Gasteiger partial charge in [0.25, 0.3) is 5.91 Å². The molecule has 0 bridgehead atoms. The van der Waals surface area contributed by atoms with E-state index in [9.17, 15) is 14.0 Å². The number of rotatable bonds is 7. The number of halogens is 1. The van der Waals surface area contributed by atoms with Gasteiger partial charge in [-0.15, -0.1) is 11.3 Å². The van der Waals surface area contributed by atoms with Crippen LogP contribution in [0, 0.1) is 12.7 Å². The minimum absolute atomic E-state index is 0.0834. The summed E-state index contributed by atoms with van der Waals surface area (Å²) in [4.78, 5) is 27.8. The van der Waals surface area contributed by atoms with Crippen LogP contribution in [0.1, 0.15) is 27.2 Å². The molecule has 6 nitrogen and oxygen atoms in total. The maximum Gasteiger partial charge on any atom is 0.253 e. The summed E-state index contributed by atoms with van der Waals surface area (Å²) in [6.45, 7) is 2.64. The number of nitrogens with one attached hydrogen (secondary N) is 1. The van der Waals surface area contributed by atoms with Gasteiger partial charge < -0.3 is 20.1 Å². The number of carbonyl (C=O) groups is 2. The maximum absolute atomic E-state index is 13.8. The van der Waals surface area contributed by atoms with Gasteiger partial charge in [0.1, 0.15) is 24.2 Å². The number of ether oxygens (including phenoxy) is 1. The van der Waals surface area contributed by atoms with Gasteiger partial charge in [-0.3, -0.25) is 9.59 Å². The molecule has 3 aromatic rings. The minimum Gasteiger partial charge on any atom is -0.489 e. The molecule has 0 radical (unpaired) electrons. The van der Waals surface area contributed by atoms with Crippen LogP contribution in [0.25, 0.3) is 10.1 Å². The average Bonchev–Trinajstić information content (AvgIpc) is 3.26. The third-order valence-electron chi connectivity index (χ3n) is 5.39. The first-order chi connectivity index (χ1) is 15.0. The molecule has 1 aliphatic rings. The summed E-state index contributed by atoms with van der Waals surface area (Å²) in [6.07, 6.45) is 0.517. The number of carbonyl (C=O) groups excluding carboxylic acids is 2. The Labute approximate surface area is 183 Å². The lowest BCUT2D eigenvalue weighted by Crippen LogP contribution is -2.42. The number of β-amino-alcohol motifs (C(OH)–C–C–N with tert-alkyl or cyclic N) is 1. The van der Waals surface area contributed by atoms with Gasteiger partial charge >= 0.3 is 0 Å². The Kier molecular flexibility index (Phi) is 6.20. The van der Waals surface area contributed by atoms with Crippen molar-refractivity contribution in [1.82, 2.24) is 10.2 Å².